The lowest BCUT2D eigenvalue weighted by molar-refractivity contribution is 0.296. The van der Waals surface area contributed by atoms with Crippen LogP contribution in [0, 0.1) is 13.8 Å². The Balaban J connectivity index is 1.58. The number of aromatic nitrogens is 4. The minimum atomic E-state index is 0.760. The van der Waals surface area contributed by atoms with Gasteiger partial charge in [0.25, 0.3) is 0 Å². The predicted octanol–water partition coefficient (Wildman–Crippen LogP) is 2.57. The second-order valence-electron chi connectivity index (χ2n) is 6.28. The topological polar surface area (TPSA) is 58.9 Å². The molecule has 1 aliphatic heterocycles. The second kappa shape index (κ2) is 7.55. The molecular formula is C17H26N6. The van der Waals surface area contributed by atoms with Crippen LogP contribution in [0.5, 0.6) is 0 Å². The molecule has 6 heteroatoms. The molecule has 0 saturated carbocycles. The number of likely N-dealkylation sites (tertiary alicyclic amines) is 1. The molecule has 3 rings (SSSR count). The minimum Gasteiger partial charge on any atom is -0.367 e. The van der Waals surface area contributed by atoms with Gasteiger partial charge in [-0.2, -0.15) is 5.10 Å². The van der Waals surface area contributed by atoms with Crippen LogP contribution < -0.4 is 5.32 Å². The number of nitrogens with one attached hydrogen (secondary N) is 1. The van der Waals surface area contributed by atoms with Crippen LogP contribution in [0.1, 0.15) is 37.1 Å². The summed E-state index contributed by atoms with van der Waals surface area (Å²) in [5.74, 6) is 1.57. The van der Waals surface area contributed by atoms with E-state index in [0.29, 0.717) is 0 Å². The molecule has 0 aromatic carbocycles. The van der Waals surface area contributed by atoms with Crippen molar-refractivity contribution in [2.24, 2.45) is 0 Å². The first kappa shape index (κ1) is 15.9. The molecular weight excluding hydrogens is 288 g/mol. The van der Waals surface area contributed by atoms with Gasteiger partial charge in [-0.15, -0.1) is 0 Å². The Morgan fingerprint density at radius 1 is 1.09 bits per heavy atom. The van der Waals surface area contributed by atoms with Crippen LogP contribution in [0.15, 0.2) is 18.5 Å². The Morgan fingerprint density at radius 3 is 2.57 bits per heavy atom. The number of hydrogen-bond donors (Lipinski definition) is 1. The van der Waals surface area contributed by atoms with E-state index in [2.05, 4.69) is 25.3 Å². The van der Waals surface area contributed by atoms with Gasteiger partial charge in [0.15, 0.2) is 5.82 Å². The van der Waals surface area contributed by atoms with E-state index in [-0.39, 0.29) is 0 Å². The van der Waals surface area contributed by atoms with Crippen molar-refractivity contribution in [1.82, 2.24) is 24.6 Å². The summed E-state index contributed by atoms with van der Waals surface area (Å²) < 4.78 is 1.84. The van der Waals surface area contributed by atoms with E-state index >= 15 is 0 Å². The van der Waals surface area contributed by atoms with E-state index in [0.717, 1.165) is 36.1 Å². The third kappa shape index (κ3) is 4.28. The first-order valence-corrected chi connectivity index (χ1v) is 8.54. The molecule has 3 heterocycles. The van der Waals surface area contributed by atoms with Crippen molar-refractivity contribution in [2.75, 3.05) is 31.5 Å². The monoisotopic (exact) mass is 314 g/mol. The normalized spacial score (nSPS) is 16.3. The van der Waals surface area contributed by atoms with Crippen molar-refractivity contribution < 1.29 is 0 Å². The van der Waals surface area contributed by atoms with Crippen LogP contribution in [0.2, 0.25) is 0 Å². The summed E-state index contributed by atoms with van der Waals surface area (Å²) in [4.78, 5) is 11.5. The fourth-order valence-corrected chi connectivity index (χ4v) is 3.11. The van der Waals surface area contributed by atoms with Gasteiger partial charge in [0.2, 0.25) is 0 Å². The molecule has 0 bridgehead atoms. The molecule has 1 saturated heterocycles. The Labute approximate surface area is 137 Å². The average Bonchev–Trinajstić information content (AvgIpc) is 2.75. The van der Waals surface area contributed by atoms with Crippen molar-refractivity contribution in [3.8, 4) is 5.82 Å². The van der Waals surface area contributed by atoms with E-state index < -0.39 is 0 Å². The zero-order valence-electron chi connectivity index (χ0n) is 14.1. The molecule has 2 aromatic heterocycles. The number of rotatable bonds is 5. The van der Waals surface area contributed by atoms with Crippen LogP contribution in [-0.4, -0.2) is 50.8 Å². The van der Waals surface area contributed by atoms with Gasteiger partial charge < -0.3 is 10.2 Å². The van der Waals surface area contributed by atoms with Crippen LogP contribution in [0.4, 0.5) is 5.82 Å². The van der Waals surface area contributed by atoms with E-state index in [1.807, 2.05) is 24.6 Å². The van der Waals surface area contributed by atoms with Crippen molar-refractivity contribution in [3.63, 3.8) is 0 Å². The summed E-state index contributed by atoms with van der Waals surface area (Å²) in [6.45, 7) is 8.42. The molecule has 0 unspecified atom stereocenters. The van der Waals surface area contributed by atoms with Gasteiger partial charge in [-0.3, -0.25) is 4.98 Å². The van der Waals surface area contributed by atoms with E-state index in [9.17, 15) is 0 Å². The lowest BCUT2D eigenvalue weighted by atomic mass is 10.2. The number of aryl methyl sites for hydroxylation is 2. The van der Waals surface area contributed by atoms with E-state index in [4.69, 9.17) is 0 Å². The summed E-state index contributed by atoms with van der Waals surface area (Å²) in [5.41, 5.74) is 2.06. The van der Waals surface area contributed by atoms with E-state index in [1.165, 1.54) is 38.8 Å². The Bertz CT molecular complexity index is 628. The molecule has 0 aliphatic carbocycles. The molecule has 0 amide bonds. The highest BCUT2D eigenvalue weighted by Gasteiger charge is 2.09. The zero-order chi connectivity index (χ0) is 16.1. The van der Waals surface area contributed by atoms with Crippen LogP contribution in [-0.2, 0) is 0 Å². The highest BCUT2D eigenvalue weighted by Crippen LogP contribution is 2.12. The average molecular weight is 314 g/mol. The first-order chi connectivity index (χ1) is 11.2. The summed E-state index contributed by atoms with van der Waals surface area (Å²) in [6.07, 6.45) is 8.93. The summed E-state index contributed by atoms with van der Waals surface area (Å²) >= 11 is 0. The van der Waals surface area contributed by atoms with Gasteiger partial charge in [0, 0.05) is 18.8 Å². The maximum atomic E-state index is 4.63. The van der Waals surface area contributed by atoms with Gasteiger partial charge in [-0.25, -0.2) is 9.67 Å². The third-order valence-corrected chi connectivity index (χ3v) is 4.28. The maximum Gasteiger partial charge on any atom is 0.174 e. The van der Waals surface area contributed by atoms with Gasteiger partial charge in [-0.05, 0) is 45.8 Å². The number of hydrogen-bond acceptors (Lipinski definition) is 5. The molecule has 124 valence electrons. The fraction of sp³-hybridized carbons (Fsp3) is 0.588. The van der Waals surface area contributed by atoms with Crippen molar-refractivity contribution in [2.45, 2.75) is 39.5 Å². The van der Waals surface area contributed by atoms with Gasteiger partial charge in [0.05, 0.1) is 18.1 Å². The molecule has 23 heavy (non-hydrogen) atoms. The van der Waals surface area contributed by atoms with Crippen LogP contribution in [0.3, 0.4) is 0 Å². The molecule has 0 spiro atoms. The summed E-state index contributed by atoms with van der Waals surface area (Å²) in [7, 11) is 0. The first-order valence-electron chi connectivity index (χ1n) is 8.54. The van der Waals surface area contributed by atoms with Crippen molar-refractivity contribution in [3.05, 3.63) is 29.8 Å². The smallest absolute Gasteiger partial charge is 0.174 e. The van der Waals surface area contributed by atoms with E-state index in [1.54, 1.807) is 12.4 Å². The van der Waals surface area contributed by atoms with Crippen LogP contribution in [0.25, 0.3) is 5.82 Å². The predicted molar refractivity (Wildman–Crippen MR) is 92.0 cm³/mol. The van der Waals surface area contributed by atoms with Crippen molar-refractivity contribution >= 4 is 5.82 Å². The lowest BCUT2D eigenvalue weighted by Crippen LogP contribution is -2.30. The molecule has 1 N–H and O–H groups in total. The van der Waals surface area contributed by atoms with Gasteiger partial charge in [0.1, 0.15) is 5.82 Å². The SMILES string of the molecule is Cc1cc(C)n(-c2cncc(NCCN3CCCCCC3)n2)n1. The third-order valence-electron chi connectivity index (χ3n) is 4.28. The fourth-order valence-electron chi connectivity index (χ4n) is 3.11. The molecule has 1 fully saturated rings. The standard InChI is InChI=1S/C17H26N6/c1-14-11-15(2)23(21-14)17-13-18-12-16(20-17)19-7-10-22-8-5-3-4-6-9-22/h11-13H,3-10H2,1-2H3,(H,19,20). The largest absolute Gasteiger partial charge is 0.367 e. The highest BCUT2D eigenvalue weighted by molar-refractivity contribution is 5.36. The number of anilines is 1. The molecule has 2 aromatic rings. The maximum absolute atomic E-state index is 4.63. The highest BCUT2D eigenvalue weighted by atomic mass is 15.3. The summed E-state index contributed by atoms with van der Waals surface area (Å²) in [5, 5.41) is 7.86. The molecule has 0 atom stereocenters. The Morgan fingerprint density at radius 2 is 1.87 bits per heavy atom. The minimum absolute atomic E-state index is 0.760. The lowest BCUT2D eigenvalue weighted by Gasteiger charge is -2.19. The molecule has 1 aliphatic rings. The Kier molecular flexibility index (Phi) is 5.23. The van der Waals surface area contributed by atoms with Gasteiger partial charge in [-0.1, -0.05) is 12.8 Å². The van der Waals surface area contributed by atoms with Crippen molar-refractivity contribution in [1.29, 1.82) is 0 Å². The summed E-state index contributed by atoms with van der Waals surface area (Å²) in [6, 6.07) is 2.04. The molecule has 0 radical (unpaired) electrons. The van der Waals surface area contributed by atoms with Crippen LogP contribution >= 0.6 is 0 Å². The zero-order valence-corrected chi connectivity index (χ0v) is 14.1. The molecule has 6 nitrogen and oxygen atoms in total. The van der Waals surface area contributed by atoms with Gasteiger partial charge >= 0.3 is 0 Å². The Hall–Kier alpha value is -1.95. The quantitative estimate of drug-likeness (QED) is 0.919. The number of nitrogens with zero attached hydrogens (tertiary/aromatic N) is 5. The second-order valence-corrected chi connectivity index (χ2v) is 6.28.